The van der Waals surface area contributed by atoms with Gasteiger partial charge in [-0.15, -0.1) is 0 Å². The molecule has 2 heterocycles. The standard InChI is InChI=1S/C12H22O11/c13-3-11(20)9(18)8(17)6(23-11)2-22-12(4-14)10(19)7(16)5(15)1-21-12/h5-10,13-20H,1-4H2/t5-,6-,7-,8-,9-,10-,11-,12+/m1/s1. The Labute approximate surface area is 130 Å². The third-order valence-electron chi connectivity index (χ3n) is 4.13. The second-order valence-electron chi connectivity index (χ2n) is 5.69. The van der Waals surface area contributed by atoms with E-state index in [0.717, 1.165) is 0 Å². The zero-order valence-corrected chi connectivity index (χ0v) is 12.1. The van der Waals surface area contributed by atoms with Gasteiger partial charge in [0.25, 0.3) is 0 Å². The van der Waals surface area contributed by atoms with Gasteiger partial charge in [-0.3, -0.25) is 0 Å². The van der Waals surface area contributed by atoms with Crippen LogP contribution in [-0.2, 0) is 14.2 Å². The largest absolute Gasteiger partial charge is 0.391 e. The molecule has 8 N–H and O–H groups in total. The van der Waals surface area contributed by atoms with Crippen LogP contribution in [0.25, 0.3) is 0 Å². The van der Waals surface area contributed by atoms with Crippen molar-refractivity contribution in [2.45, 2.75) is 48.2 Å². The summed E-state index contributed by atoms with van der Waals surface area (Å²) in [7, 11) is 0. The Morgan fingerprint density at radius 2 is 1.61 bits per heavy atom. The Morgan fingerprint density at radius 3 is 2.13 bits per heavy atom. The van der Waals surface area contributed by atoms with E-state index in [1.165, 1.54) is 0 Å². The lowest BCUT2D eigenvalue weighted by Gasteiger charge is -2.44. The minimum Gasteiger partial charge on any atom is -0.391 e. The summed E-state index contributed by atoms with van der Waals surface area (Å²) in [6, 6.07) is 0. The van der Waals surface area contributed by atoms with Gasteiger partial charge in [-0.1, -0.05) is 0 Å². The predicted molar refractivity (Wildman–Crippen MR) is 68.7 cm³/mol. The SMILES string of the molecule is OC[C@@]1(OC[C@H]2O[C@](O)(CO)[C@H](O)[C@@H]2O)OC[C@@H](O)[C@@H](O)[C@H]1O. The molecule has 136 valence electrons. The second-order valence-corrected chi connectivity index (χ2v) is 5.69. The predicted octanol–water partition coefficient (Wildman–Crippen LogP) is -5.39. The van der Waals surface area contributed by atoms with E-state index >= 15 is 0 Å². The highest BCUT2D eigenvalue weighted by molar-refractivity contribution is 4.97. The maximum atomic E-state index is 9.94. The van der Waals surface area contributed by atoms with Crippen molar-refractivity contribution in [1.82, 2.24) is 0 Å². The van der Waals surface area contributed by atoms with E-state index in [4.69, 9.17) is 19.3 Å². The lowest BCUT2D eigenvalue weighted by molar-refractivity contribution is -0.356. The zero-order valence-electron chi connectivity index (χ0n) is 12.1. The van der Waals surface area contributed by atoms with Crippen LogP contribution < -0.4 is 0 Å². The third kappa shape index (κ3) is 3.23. The number of aliphatic hydroxyl groups is 8. The fourth-order valence-electron chi connectivity index (χ4n) is 2.55. The number of hydrogen-bond acceptors (Lipinski definition) is 11. The van der Waals surface area contributed by atoms with E-state index in [9.17, 15) is 35.7 Å². The van der Waals surface area contributed by atoms with E-state index < -0.39 is 74.6 Å². The Kier molecular flexibility index (Phi) is 5.60. The van der Waals surface area contributed by atoms with E-state index in [2.05, 4.69) is 0 Å². The number of rotatable bonds is 5. The van der Waals surface area contributed by atoms with E-state index in [1.807, 2.05) is 0 Å². The molecule has 0 spiro atoms. The average Bonchev–Trinajstić information content (AvgIpc) is 2.77. The molecule has 0 aliphatic carbocycles. The summed E-state index contributed by atoms with van der Waals surface area (Å²) in [5.74, 6) is -4.45. The first-order valence-corrected chi connectivity index (χ1v) is 7.01. The summed E-state index contributed by atoms with van der Waals surface area (Å²) in [5, 5.41) is 76.6. The molecular weight excluding hydrogens is 320 g/mol. The van der Waals surface area contributed by atoms with Crippen molar-refractivity contribution in [3.8, 4) is 0 Å². The van der Waals surface area contributed by atoms with Gasteiger partial charge in [-0.2, -0.15) is 0 Å². The molecule has 11 nitrogen and oxygen atoms in total. The van der Waals surface area contributed by atoms with Crippen molar-refractivity contribution in [3.05, 3.63) is 0 Å². The van der Waals surface area contributed by atoms with E-state index in [-0.39, 0.29) is 0 Å². The molecule has 2 saturated heterocycles. The van der Waals surface area contributed by atoms with Crippen molar-refractivity contribution >= 4 is 0 Å². The van der Waals surface area contributed by atoms with Crippen LogP contribution in [0.3, 0.4) is 0 Å². The number of ether oxygens (including phenoxy) is 3. The quantitative estimate of drug-likeness (QED) is 0.238. The van der Waals surface area contributed by atoms with Crippen LogP contribution in [0.4, 0.5) is 0 Å². The Morgan fingerprint density at radius 1 is 0.957 bits per heavy atom. The molecule has 0 aromatic carbocycles. The van der Waals surface area contributed by atoms with E-state index in [0.29, 0.717) is 0 Å². The molecule has 2 aliphatic rings. The molecule has 0 radical (unpaired) electrons. The average molecular weight is 342 g/mol. The van der Waals surface area contributed by atoms with Gasteiger partial charge in [0.15, 0.2) is 0 Å². The molecular formula is C12H22O11. The summed E-state index contributed by atoms with van der Waals surface area (Å²) < 4.78 is 15.2. The van der Waals surface area contributed by atoms with Crippen molar-refractivity contribution in [2.24, 2.45) is 0 Å². The molecule has 2 fully saturated rings. The number of hydrogen-bond donors (Lipinski definition) is 8. The third-order valence-corrected chi connectivity index (χ3v) is 4.13. The molecule has 2 aliphatic heterocycles. The van der Waals surface area contributed by atoms with Crippen LogP contribution in [-0.4, -0.2) is 115 Å². The van der Waals surface area contributed by atoms with Crippen LogP contribution in [0, 0.1) is 0 Å². The van der Waals surface area contributed by atoms with Gasteiger partial charge >= 0.3 is 0 Å². The summed E-state index contributed by atoms with van der Waals surface area (Å²) in [5.41, 5.74) is 0. The molecule has 0 aromatic rings. The summed E-state index contributed by atoms with van der Waals surface area (Å²) in [6.07, 6.45) is -9.51. The van der Waals surface area contributed by atoms with Crippen molar-refractivity contribution in [3.63, 3.8) is 0 Å². The smallest absolute Gasteiger partial charge is 0.221 e. The Balaban J connectivity index is 2.04. The summed E-state index contributed by atoms with van der Waals surface area (Å²) in [6.45, 7) is -2.83. The first-order valence-electron chi connectivity index (χ1n) is 7.01. The highest BCUT2D eigenvalue weighted by Gasteiger charge is 2.55. The molecule has 0 amide bonds. The topological polar surface area (TPSA) is 190 Å². The monoisotopic (exact) mass is 342 g/mol. The van der Waals surface area contributed by atoms with Crippen LogP contribution in [0.5, 0.6) is 0 Å². The molecule has 0 aromatic heterocycles. The molecule has 23 heavy (non-hydrogen) atoms. The maximum Gasteiger partial charge on any atom is 0.221 e. The fraction of sp³-hybridized carbons (Fsp3) is 1.00. The molecule has 0 unspecified atom stereocenters. The van der Waals surface area contributed by atoms with Gasteiger partial charge in [0, 0.05) is 0 Å². The van der Waals surface area contributed by atoms with Gasteiger partial charge in [0.1, 0.15) is 43.2 Å². The summed E-state index contributed by atoms with van der Waals surface area (Å²) in [4.78, 5) is 0. The Hall–Kier alpha value is -0.440. The van der Waals surface area contributed by atoms with Crippen LogP contribution in [0.15, 0.2) is 0 Å². The molecule has 8 atom stereocenters. The molecule has 0 saturated carbocycles. The number of aliphatic hydroxyl groups excluding tert-OH is 7. The fourth-order valence-corrected chi connectivity index (χ4v) is 2.55. The van der Waals surface area contributed by atoms with Crippen LogP contribution >= 0.6 is 0 Å². The van der Waals surface area contributed by atoms with Crippen LogP contribution in [0.2, 0.25) is 0 Å². The maximum absolute atomic E-state index is 9.94. The Bertz CT molecular complexity index is 408. The lowest BCUT2D eigenvalue weighted by atomic mass is 9.97. The van der Waals surface area contributed by atoms with Crippen molar-refractivity contribution in [1.29, 1.82) is 0 Å². The highest BCUT2D eigenvalue weighted by Crippen LogP contribution is 2.32. The molecule has 2 rings (SSSR count). The minimum absolute atomic E-state index is 0.421. The van der Waals surface area contributed by atoms with Gasteiger partial charge in [-0.25, -0.2) is 0 Å². The molecule has 11 heteroatoms. The first-order chi connectivity index (χ1) is 10.7. The van der Waals surface area contributed by atoms with Gasteiger partial charge in [-0.05, 0) is 0 Å². The van der Waals surface area contributed by atoms with Gasteiger partial charge in [0.05, 0.1) is 19.8 Å². The second kappa shape index (κ2) is 6.82. The zero-order chi connectivity index (χ0) is 17.4. The van der Waals surface area contributed by atoms with Crippen molar-refractivity contribution in [2.75, 3.05) is 26.4 Å². The van der Waals surface area contributed by atoms with Crippen LogP contribution in [0.1, 0.15) is 0 Å². The normalized spacial score (nSPS) is 51.1. The van der Waals surface area contributed by atoms with Gasteiger partial charge < -0.3 is 55.1 Å². The van der Waals surface area contributed by atoms with E-state index in [1.54, 1.807) is 0 Å². The minimum atomic E-state index is -2.37. The first kappa shape index (κ1) is 18.9. The lowest BCUT2D eigenvalue weighted by Crippen LogP contribution is -2.64. The molecule has 0 bridgehead atoms. The van der Waals surface area contributed by atoms with Gasteiger partial charge in [0.2, 0.25) is 11.6 Å². The summed E-state index contributed by atoms with van der Waals surface area (Å²) >= 11 is 0. The van der Waals surface area contributed by atoms with Crippen molar-refractivity contribution < 1.29 is 55.1 Å². The highest BCUT2D eigenvalue weighted by atomic mass is 16.7.